The summed E-state index contributed by atoms with van der Waals surface area (Å²) >= 11 is 5.91. The Morgan fingerprint density at radius 1 is 1.33 bits per heavy atom. The summed E-state index contributed by atoms with van der Waals surface area (Å²) in [5.41, 5.74) is -1.29. The molecule has 0 N–H and O–H groups in total. The van der Waals surface area contributed by atoms with Gasteiger partial charge in [-0.05, 0) is 20.8 Å². The smallest absolute Gasteiger partial charge is 0.490 e. The second-order valence-electron chi connectivity index (χ2n) is 6.32. The molecule has 0 aliphatic carbocycles. The van der Waals surface area contributed by atoms with Crippen molar-refractivity contribution in [3.05, 3.63) is 22.7 Å². The molecule has 24 heavy (non-hydrogen) atoms. The number of hydrogen-bond acceptors (Lipinski definition) is 3. The van der Waals surface area contributed by atoms with Crippen molar-refractivity contribution in [3.63, 3.8) is 0 Å². The van der Waals surface area contributed by atoms with Crippen LogP contribution in [0, 0.1) is 0 Å². The molecule has 1 heterocycles. The van der Waals surface area contributed by atoms with Crippen molar-refractivity contribution in [2.75, 3.05) is 13.2 Å². The van der Waals surface area contributed by atoms with Gasteiger partial charge in [-0.2, -0.15) is 0 Å². The molecular formula is C14H17BClF3KNO3. The third-order valence-corrected chi connectivity index (χ3v) is 3.42. The molecule has 0 bridgehead atoms. The third-order valence-electron chi connectivity index (χ3n) is 3.14. The molecule has 10 heteroatoms. The van der Waals surface area contributed by atoms with Crippen molar-refractivity contribution in [1.82, 2.24) is 4.90 Å². The monoisotopic (exact) mass is 389 g/mol. The van der Waals surface area contributed by atoms with Gasteiger partial charge in [0.2, 0.25) is 0 Å². The number of rotatable bonds is 1. The Morgan fingerprint density at radius 3 is 2.50 bits per heavy atom. The van der Waals surface area contributed by atoms with Gasteiger partial charge in [0.05, 0.1) is 18.1 Å². The topological polar surface area (TPSA) is 38.8 Å². The zero-order valence-electron chi connectivity index (χ0n) is 14.0. The van der Waals surface area contributed by atoms with E-state index < -0.39 is 24.1 Å². The minimum Gasteiger partial charge on any atom is -0.490 e. The van der Waals surface area contributed by atoms with E-state index in [1.807, 2.05) is 0 Å². The molecule has 0 spiro atoms. The minimum absolute atomic E-state index is 0. The predicted octanol–water partition coefficient (Wildman–Crippen LogP) is 0.528. The zero-order chi connectivity index (χ0) is 17.4. The first kappa shape index (κ1) is 22.1. The summed E-state index contributed by atoms with van der Waals surface area (Å²) in [6.45, 7) is 0.236. The molecule has 1 aliphatic rings. The quantitative estimate of drug-likeness (QED) is 0.658. The summed E-state index contributed by atoms with van der Waals surface area (Å²) in [5.74, 6) is 0.182. The van der Waals surface area contributed by atoms with Gasteiger partial charge in [0.25, 0.3) is 0 Å². The van der Waals surface area contributed by atoms with Gasteiger partial charge >= 0.3 is 64.5 Å². The number of hydrogen-bond donors (Lipinski definition) is 0. The predicted molar refractivity (Wildman–Crippen MR) is 82.3 cm³/mol. The van der Waals surface area contributed by atoms with Gasteiger partial charge in [-0.3, -0.25) is 0 Å². The first-order chi connectivity index (χ1) is 10.5. The van der Waals surface area contributed by atoms with Crippen LogP contribution in [0.25, 0.3) is 0 Å². The molecule has 0 unspecified atom stereocenters. The van der Waals surface area contributed by atoms with Crippen LogP contribution in [0.2, 0.25) is 5.02 Å². The van der Waals surface area contributed by atoms with Gasteiger partial charge < -0.3 is 27.3 Å². The maximum atomic E-state index is 13.0. The molecule has 128 valence electrons. The fourth-order valence-electron chi connectivity index (χ4n) is 2.17. The molecule has 1 aromatic carbocycles. The van der Waals surface area contributed by atoms with E-state index in [4.69, 9.17) is 21.1 Å². The maximum Gasteiger partial charge on any atom is 1.00 e. The summed E-state index contributed by atoms with van der Waals surface area (Å²) < 4.78 is 49.6. The van der Waals surface area contributed by atoms with Crippen LogP contribution in [-0.4, -0.2) is 36.7 Å². The number of benzene rings is 1. The fraction of sp³-hybridized carbons (Fsp3) is 0.500. The summed E-state index contributed by atoms with van der Waals surface area (Å²) in [5, 5.41) is -0.109. The Kier molecular flexibility index (Phi) is 7.54. The third kappa shape index (κ3) is 5.81. The Balaban J connectivity index is 0.00000288. The van der Waals surface area contributed by atoms with Crippen molar-refractivity contribution in [1.29, 1.82) is 0 Å². The number of carbonyl (C=O) groups excluding carboxylic acids is 1. The maximum absolute atomic E-state index is 13.0. The number of ether oxygens (including phenoxy) is 2. The van der Waals surface area contributed by atoms with Crippen LogP contribution in [-0.2, 0) is 11.3 Å². The van der Waals surface area contributed by atoms with Crippen LogP contribution in [0.4, 0.5) is 17.7 Å². The van der Waals surface area contributed by atoms with Crippen LogP contribution in [0.5, 0.6) is 5.75 Å². The SMILES string of the molecule is CC(C)(C)OC(=O)N1CCOc2c(Cl)cc([B-](F)(F)F)cc2C1.[K+]. The standard InChI is InChI=1S/C14H17BClF3NO3.K/c1-14(2,3)23-13(21)20-4-5-22-12-9(8-20)6-10(7-11(12)16)15(17,18)19;/h6-7H,4-5,8H2,1-3H3;/q-1;+1. The van der Waals surface area contributed by atoms with Gasteiger partial charge in [-0.15, -0.1) is 5.46 Å². The van der Waals surface area contributed by atoms with E-state index >= 15 is 0 Å². The van der Waals surface area contributed by atoms with Gasteiger partial charge in [0.1, 0.15) is 18.0 Å². The molecule has 1 amide bonds. The van der Waals surface area contributed by atoms with Crippen LogP contribution >= 0.6 is 11.6 Å². The van der Waals surface area contributed by atoms with E-state index in [0.717, 1.165) is 12.1 Å². The zero-order valence-corrected chi connectivity index (χ0v) is 17.9. The van der Waals surface area contributed by atoms with Crippen LogP contribution in [0.3, 0.4) is 0 Å². The number of nitrogens with zero attached hydrogens (tertiary/aromatic N) is 1. The van der Waals surface area contributed by atoms with Crippen LogP contribution in [0.15, 0.2) is 12.1 Å². The fourth-order valence-corrected chi connectivity index (χ4v) is 2.47. The van der Waals surface area contributed by atoms with E-state index in [-0.39, 0.29) is 87.4 Å². The number of fused-ring (bicyclic) bond motifs is 1. The molecule has 0 saturated carbocycles. The minimum atomic E-state index is -5.19. The molecule has 4 nitrogen and oxygen atoms in total. The van der Waals surface area contributed by atoms with Crippen molar-refractivity contribution in [2.45, 2.75) is 32.9 Å². The molecule has 0 fully saturated rings. The summed E-state index contributed by atoms with van der Waals surface area (Å²) in [7, 11) is 0. The van der Waals surface area contributed by atoms with Gasteiger partial charge in [-0.1, -0.05) is 23.7 Å². The van der Waals surface area contributed by atoms with E-state index in [1.165, 1.54) is 4.90 Å². The molecule has 2 rings (SSSR count). The van der Waals surface area contributed by atoms with Crippen LogP contribution < -0.4 is 61.6 Å². The van der Waals surface area contributed by atoms with Gasteiger partial charge in [0.15, 0.2) is 0 Å². The normalized spacial score (nSPS) is 14.9. The second-order valence-corrected chi connectivity index (χ2v) is 6.72. The van der Waals surface area contributed by atoms with Crippen molar-refractivity contribution in [2.24, 2.45) is 0 Å². The summed E-state index contributed by atoms with van der Waals surface area (Å²) in [4.78, 5) is 13.4. The average molecular weight is 390 g/mol. The first-order valence-electron chi connectivity index (χ1n) is 7.10. The summed E-state index contributed by atoms with van der Waals surface area (Å²) in [6.07, 6.45) is -0.604. The number of amides is 1. The Bertz CT molecular complexity index is 623. The van der Waals surface area contributed by atoms with Crippen molar-refractivity contribution < 1.29 is 78.6 Å². The molecular weight excluding hydrogens is 373 g/mol. The van der Waals surface area contributed by atoms with Crippen LogP contribution in [0.1, 0.15) is 26.3 Å². The Labute approximate surface area is 186 Å². The van der Waals surface area contributed by atoms with Gasteiger partial charge in [-0.25, -0.2) is 4.79 Å². The molecule has 1 aromatic rings. The first-order valence-corrected chi connectivity index (χ1v) is 7.48. The number of carbonyl (C=O) groups is 1. The van der Waals surface area contributed by atoms with E-state index in [2.05, 4.69) is 0 Å². The molecule has 0 saturated heterocycles. The van der Waals surface area contributed by atoms with Crippen molar-refractivity contribution >= 4 is 30.1 Å². The van der Waals surface area contributed by atoms with E-state index in [0.29, 0.717) is 0 Å². The molecule has 1 aliphatic heterocycles. The van der Waals surface area contributed by atoms with E-state index in [1.54, 1.807) is 20.8 Å². The Morgan fingerprint density at radius 2 is 1.96 bits per heavy atom. The molecule has 0 atom stereocenters. The number of halogens is 4. The van der Waals surface area contributed by atoms with E-state index in [9.17, 15) is 17.7 Å². The Hall–Kier alpha value is 0.0713. The van der Waals surface area contributed by atoms with Gasteiger partial charge in [0, 0.05) is 5.56 Å². The largest absolute Gasteiger partial charge is 1.00 e. The summed E-state index contributed by atoms with van der Waals surface area (Å²) in [6, 6.07) is 1.83. The molecule has 0 aromatic heterocycles. The molecule has 0 radical (unpaired) electrons. The average Bonchev–Trinajstić information content (AvgIpc) is 2.58. The second kappa shape index (κ2) is 8.18. The van der Waals surface area contributed by atoms with Crippen molar-refractivity contribution in [3.8, 4) is 5.75 Å².